The highest BCUT2D eigenvalue weighted by atomic mass is 35.5. The summed E-state index contributed by atoms with van der Waals surface area (Å²) < 4.78 is -2.02. The van der Waals surface area contributed by atoms with Crippen LogP contribution in [0.3, 0.4) is 0 Å². The largest absolute Gasteiger partial charge is 0.274 e. The van der Waals surface area contributed by atoms with Crippen LogP contribution in [-0.4, -0.2) is 30.8 Å². The van der Waals surface area contributed by atoms with Gasteiger partial charge >= 0.3 is 0 Å². The number of halogens is 6. The number of hydrogen-bond acceptors (Lipinski definition) is 4. The van der Waals surface area contributed by atoms with Gasteiger partial charge < -0.3 is 0 Å². The Bertz CT molecular complexity index is 935. The predicted molar refractivity (Wildman–Crippen MR) is 103 cm³/mol. The number of anilines is 1. The number of carbonyl (C=O) groups is 2. The van der Waals surface area contributed by atoms with Crippen molar-refractivity contribution < 1.29 is 14.5 Å². The van der Waals surface area contributed by atoms with E-state index in [9.17, 15) is 19.7 Å². The Morgan fingerprint density at radius 1 is 0.963 bits per heavy atom. The van der Waals surface area contributed by atoms with E-state index in [0.29, 0.717) is 0 Å². The van der Waals surface area contributed by atoms with Gasteiger partial charge in [0.25, 0.3) is 5.69 Å². The Morgan fingerprint density at radius 3 is 1.89 bits per heavy atom. The summed E-state index contributed by atoms with van der Waals surface area (Å²) >= 11 is 38.3. The number of nitro groups is 1. The lowest BCUT2D eigenvalue weighted by Crippen LogP contribution is -2.50. The van der Waals surface area contributed by atoms with Gasteiger partial charge in [-0.15, -0.1) is 23.2 Å². The summed E-state index contributed by atoms with van der Waals surface area (Å²) in [4.78, 5) is 33.5. The van der Waals surface area contributed by atoms with Crippen molar-refractivity contribution in [3.8, 4) is 0 Å². The van der Waals surface area contributed by atoms with Crippen LogP contribution in [-0.2, 0) is 9.59 Å². The van der Waals surface area contributed by atoms with Crippen molar-refractivity contribution in [3.05, 3.63) is 44.4 Å². The molecule has 12 heteroatoms. The van der Waals surface area contributed by atoms with Crippen molar-refractivity contribution in [2.45, 2.75) is 14.1 Å². The van der Waals surface area contributed by atoms with E-state index in [0.717, 1.165) is 11.0 Å². The first-order valence-electron chi connectivity index (χ1n) is 7.36. The van der Waals surface area contributed by atoms with Gasteiger partial charge in [0.05, 0.1) is 32.5 Å². The van der Waals surface area contributed by atoms with Gasteiger partial charge in [-0.3, -0.25) is 19.7 Å². The first-order valence-corrected chi connectivity index (χ1v) is 9.63. The van der Waals surface area contributed by atoms with Crippen LogP contribution >= 0.6 is 69.6 Å². The summed E-state index contributed by atoms with van der Waals surface area (Å²) in [6.45, 7) is 0. The Hall–Kier alpha value is -0.760. The molecule has 6 nitrogen and oxygen atoms in total. The number of non-ortho nitro benzene ring substituents is 1. The van der Waals surface area contributed by atoms with Crippen LogP contribution < -0.4 is 4.90 Å². The minimum atomic E-state index is -2.02. The molecule has 1 aromatic rings. The number of nitro benzene ring substituents is 1. The van der Waals surface area contributed by atoms with Crippen LogP contribution in [0.2, 0.25) is 0 Å². The second-order valence-electron chi connectivity index (χ2n) is 6.37. The second-order valence-corrected chi connectivity index (χ2v) is 9.65. The molecule has 3 aliphatic rings. The molecular formula is C15H6Cl6N2O4. The molecule has 2 fully saturated rings. The van der Waals surface area contributed by atoms with Crippen molar-refractivity contribution in [3.63, 3.8) is 0 Å². The van der Waals surface area contributed by atoms with E-state index < -0.39 is 42.7 Å². The third kappa shape index (κ3) is 1.97. The molecule has 0 N–H and O–H groups in total. The Morgan fingerprint density at radius 2 is 1.44 bits per heavy atom. The molecule has 2 amide bonds. The Labute approximate surface area is 182 Å². The van der Waals surface area contributed by atoms with E-state index in [4.69, 9.17) is 69.6 Å². The number of allylic oxidation sites excluding steroid dienone is 2. The molecule has 27 heavy (non-hydrogen) atoms. The van der Waals surface area contributed by atoms with Crippen LogP contribution in [0.4, 0.5) is 11.4 Å². The standard InChI is InChI=1S/C15H6Cl6N2O4/c16-9-10(17)14(19)8-7(13(9,18)15(14,20)21)11(24)22(12(8)25)5-2-1-3-6(4-5)23(26)27/h1-4,7-8H/t7-,8+,13-,14-/m1/s1. The van der Waals surface area contributed by atoms with Gasteiger partial charge in [0.2, 0.25) is 11.8 Å². The van der Waals surface area contributed by atoms with E-state index in [1.807, 2.05) is 0 Å². The zero-order chi connectivity index (χ0) is 20.1. The van der Waals surface area contributed by atoms with Gasteiger partial charge in [0.1, 0.15) is 9.75 Å². The molecule has 0 aromatic heterocycles. The quantitative estimate of drug-likeness (QED) is 0.264. The van der Waals surface area contributed by atoms with E-state index in [1.165, 1.54) is 18.2 Å². The predicted octanol–water partition coefficient (Wildman–Crippen LogP) is 4.55. The van der Waals surface area contributed by atoms with Crippen LogP contribution in [0.5, 0.6) is 0 Å². The highest BCUT2D eigenvalue weighted by Crippen LogP contribution is 2.77. The molecule has 1 saturated carbocycles. The van der Waals surface area contributed by atoms with Gasteiger partial charge in [0.15, 0.2) is 4.33 Å². The molecule has 2 bridgehead atoms. The summed E-state index contributed by atoms with van der Waals surface area (Å²) in [6, 6.07) is 5.03. The van der Waals surface area contributed by atoms with Crippen molar-refractivity contribution in [2.24, 2.45) is 11.8 Å². The van der Waals surface area contributed by atoms with Gasteiger partial charge in [-0.25, -0.2) is 4.90 Å². The summed E-state index contributed by atoms with van der Waals surface area (Å²) in [6.07, 6.45) is 0. The minimum absolute atomic E-state index is 0.00415. The van der Waals surface area contributed by atoms with Crippen molar-refractivity contribution in [1.82, 2.24) is 0 Å². The molecule has 4 atom stereocenters. The summed E-state index contributed by atoms with van der Waals surface area (Å²) in [5, 5.41) is 10.6. The van der Waals surface area contributed by atoms with Crippen LogP contribution in [0.25, 0.3) is 0 Å². The normalized spacial score (nSPS) is 36.6. The topological polar surface area (TPSA) is 80.5 Å². The van der Waals surface area contributed by atoms with Crippen LogP contribution in [0.15, 0.2) is 34.3 Å². The number of carbonyl (C=O) groups excluding carboxylic acids is 2. The fourth-order valence-electron chi connectivity index (χ4n) is 4.00. The zero-order valence-corrected chi connectivity index (χ0v) is 17.3. The fourth-order valence-corrected chi connectivity index (χ4v) is 6.92. The molecule has 1 heterocycles. The number of hydrogen-bond donors (Lipinski definition) is 0. The Balaban J connectivity index is 1.89. The SMILES string of the molecule is O=C1[C@@H]2[C@H](C(=O)N1c1cccc([N+](=O)[O-])c1)[C@@]1(Cl)C(Cl)=C(Cl)[C@@]2(Cl)C1(Cl)Cl. The Kier molecular flexibility index (Phi) is 4.09. The molecule has 1 saturated heterocycles. The first-order chi connectivity index (χ1) is 12.4. The van der Waals surface area contributed by atoms with E-state index in [-0.39, 0.29) is 21.4 Å². The fraction of sp³-hybridized carbons (Fsp3) is 0.333. The lowest BCUT2D eigenvalue weighted by molar-refractivity contribution is -0.384. The number of rotatable bonds is 2. The van der Waals surface area contributed by atoms with Gasteiger partial charge in [-0.05, 0) is 6.07 Å². The van der Waals surface area contributed by atoms with E-state index in [1.54, 1.807) is 0 Å². The summed E-state index contributed by atoms with van der Waals surface area (Å²) in [7, 11) is 0. The molecule has 0 unspecified atom stereocenters. The van der Waals surface area contributed by atoms with E-state index in [2.05, 4.69) is 0 Å². The van der Waals surface area contributed by atoms with E-state index >= 15 is 0 Å². The van der Waals surface area contributed by atoms with Gasteiger partial charge in [0, 0.05) is 12.1 Å². The highest BCUT2D eigenvalue weighted by Gasteiger charge is 2.87. The third-order valence-corrected chi connectivity index (χ3v) is 9.47. The number of fused-ring (bicyclic) bond motifs is 5. The number of benzene rings is 1. The van der Waals surface area contributed by atoms with Crippen LogP contribution in [0, 0.1) is 22.0 Å². The lowest BCUT2D eigenvalue weighted by atomic mass is 9.84. The number of amides is 2. The highest BCUT2D eigenvalue weighted by molar-refractivity contribution is 6.67. The number of imide groups is 1. The maximum absolute atomic E-state index is 13.1. The monoisotopic (exact) mass is 488 g/mol. The maximum atomic E-state index is 13.1. The number of alkyl halides is 4. The molecule has 0 spiro atoms. The van der Waals surface area contributed by atoms with Gasteiger partial charge in [-0.1, -0.05) is 52.5 Å². The molecule has 1 aromatic carbocycles. The average molecular weight is 491 g/mol. The summed E-state index contributed by atoms with van der Waals surface area (Å²) in [5.74, 6) is -4.10. The molecule has 2 aliphatic carbocycles. The third-order valence-electron chi connectivity index (χ3n) is 5.21. The molecule has 142 valence electrons. The minimum Gasteiger partial charge on any atom is -0.274 e. The van der Waals surface area contributed by atoms with Crippen molar-refractivity contribution >= 4 is 92.8 Å². The smallest absolute Gasteiger partial charge is 0.271 e. The van der Waals surface area contributed by atoms with Crippen molar-refractivity contribution in [1.29, 1.82) is 0 Å². The van der Waals surface area contributed by atoms with Crippen molar-refractivity contribution in [2.75, 3.05) is 4.90 Å². The molecule has 4 rings (SSSR count). The molecular weight excluding hydrogens is 485 g/mol. The maximum Gasteiger partial charge on any atom is 0.271 e. The zero-order valence-electron chi connectivity index (χ0n) is 12.8. The number of nitrogens with zero attached hydrogens (tertiary/aromatic N) is 2. The second kappa shape index (κ2) is 5.65. The summed E-state index contributed by atoms with van der Waals surface area (Å²) in [5.41, 5.74) is -0.303. The lowest BCUT2D eigenvalue weighted by Gasteiger charge is -2.34. The van der Waals surface area contributed by atoms with Crippen LogP contribution in [0.1, 0.15) is 0 Å². The molecule has 0 radical (unpaired) electrons. The molecule has 1 aliphatic heterocycles. The average Bonchev–Trinajstić information content (AvgIpc) is 2.99. The van der Waals surface area contributed by atoms with Gasteiger partial charge in [-0.2, -0.15) is 0 Å². The first kappa shape index (κ1) is 19.6.